The smallest absolute Gasteiger partial charge is 0.242 e. The molecule has 1 saturated heterocycles. The molecule has 3 N–H and O–H groups in total. The van der Waals surface area contributed by atoms with Crippen LogP contribution in [0.25, 0.3) is 0 Å². The highest BCUT2D eigenvalue weighted by atomic mass is 79.9. The van der Waals surface area contributed by atoms with Crippen LogP contribution in [0, 0.1) is 0 Å². The van der Waals surface area contributed by atoms with Gasteiger partial charge in [0.1, 0.15) is 6.04 Å². The number of hydrogen-bond acceptors (Lipinski definition) is 4. The molecule has 1 aliphatic rings. The van der Waals surface area contributed by atoms with E-state index in [0.717, 1.165) is 23.1 Å². The summed E-state index contributed by atoms with van der Waals surface area (Å²) in [6.45, 7) is 1.01. The van der Waals surface area contributed by atoms with Gasteiger partial charge in [0.05, 0.1) is 0 Å². The molecule has 1 heterocycles. The van der Waals surface area contributed by atoms with E-state index in [0.29, 0.717) is 6.42 Å². The van der Waals surface area contributed by atoms with Crippen molar-refractivity contribution in [3.8, 4) is 0 Å². The number of carbonyl (C=O) groups excluding carboxylic acids is 1. The molecule has 138 valence electrons. The van der Waals surface area contributed by atoms with E-state index in [2.05, 4.69) is 75.4 Å². The van der Waals surface area contributed by atoms with Crippen molar-refractivity contribution in [2.24, 2.45) is 0 Å². The van der Waals surface area contributed by atoms with Crippen molar-refractivity contribution < 1.29 is 4.79 Å². The Morgan fingerprint density at radius 1 is 1.12 bits per heavy atom. The van der Waals surface area contributed by atoms with Crippen LogP contribution in [-0.4, -0.2) is 37.5 Å². The van der Waals surface area contributed by atoms with E-state index in [-0.39, 0.29) is 18.0 Å². The second-order valence-electron chi connectivity index (χ2n) is 6.92. The van der Waals surface area contributed by atoms with Gasteiger partial charge >= 0.3 is 0 Å². The minimum atomic E-state index is -0.253. The summed E-state index contributed by atoms with van der Waals surface area (Å²) < 4.78 is 1.05. The number of rotatable bonds is 6. The number of likely N-dealkylation sites (N-methyl/N-ethyl adjacent to an activating group) is 1. The largest absolute Gasteiger partial charge is 0.325 e. The summed E-state index contributed by atoms with van der Waals surface area (Å²) >= 11 is 3.45. The SMILES string of the molecule is CN(C)CCc1ccc(NC(=O)C2CC(c3ccc(Br)cc3)NN2)cc1. The number of benzene rings is 2. The number of anilines is 1. The Morgan fingerprint density at radius 3 is 2.46 bits per heavy atom. The molecule has 6 heteroatoms. The summed E-state index contributed by atoms with van der Waals surface area (Å²) in [6, 6.07) is 16.1. The Morgan fingerprint density at radius 2 is 1.81 bits per heavy atom. The predicted molar refractivity (Wildman–Crippen MR) is 109 cm³/mol. The van der Waals surface area contributed by atoms with Crippen LogP contribution < -0.4 is 16.2 Å². The van der Waals surface area contributed by atoms with Gasteiger partial charge in [0.15, 0.2) is 0 Å². The van der Waals surface area contributed by atoms with Gasteiger partial charge < -0.3 is 10.2 Å². The number of amides is 1. The minimum Gasteiger partial charge on any atom is -0.325 e. The molecule has 2 aromatic carbocycles. The van der Waals surface area contributed by atoms with Crippen LogP contribution in [0.2, 0.25) is 0 Å². The lowest BCUT2D eigenvalue weighted by Crippen LogP contribution is -2.39. The summed E-state index contributed by atoms with van der Waals surface area (Å²) in [5.74, 6) is -0.0156. The van der Waals surface area contributed by atoms with E-state index in [9.17, 15) is 4.79 Å². The quantitative estimate of drug-likeness (QED) is 0.676. The average Bonchev–Trinajstić information content (AvgIpc) is 3.12. The third-order valence-electron chi connectivity index (χ3n) is 4.56. The monoisotopic (exact) mass is 416 g/mol. The van der Waals surface area contributed by atoms with Gasteiger partial charge in [0.25, 0.3) is 0 Å². The van der Waals surface area contributed by atoms with Gasteiger partial charge in [-0.1, -0.05) is 40.2 Å². The maximum atomic E-state index is 12.5. The molecule has 0 bridgehead atoms. The zero-order valence-corrected chi connectivity index (χ0v) is 16.7. The number of hydrazine groups is 1. The summed E-state index contributed by atoms with van der Waals surface area (Å²) in [5.41, 5.74) is 9.59. The molecule has 0 aromatic heterocycles. The van der Waals surface area contributed by atoms with Crippen LogP contribution in [0.4, 0.5) is 5.69 Å². The zero-order valence-electron chi connectivity index (χ0n) is 15.1. The van der Waals surface area contributed by atoms with Crippen molar-refractivity contribution in [2.45, 2.75) is 24.9 Å². The van der Waals surface area contributed by atoms with Gasteiger partial charge in [0, 0.05) is 22.7 Å². The molecule has 0 aliphatic carbocycles. The maximum absolute atomic E-state index is 12.5. The average molecular weight is 417 g/mol. The molecule has 5 nitrogen and oxygen atoms in total. The van der Waals surface area contributed by atoms with Crippen LogP contribution in [0.3, 0.4) is 0 Å². The van der Waals surface area contributed by atoms with Crippen LogP contribution in [0.5, 0.6) is 0 Å². The fourth-order valence-corrected chi connectivity index (χ4v) is 3.24. The lowest BCUT2D eigenvalue weighted by Gasteiger charge is -2.12. The van der Waals surface area contributed by atoms with E-state index in [1.165, 1.54) is 11.1 Å². The van der Waals surface area contributed by atoms with Crippen molar-refractivity contribution in [3.05, 3.63) is 64.1 Å². The van der Waals surface area contributed by atoms with Crippen molar-refractivity contribution in [3.63, 3.8) is 0 Å². The predicted octanol–water partition coefficient (Wildman–Crippen LogP) is 3.10. The van der Waals surface area contributed by atoms with Crippen molar-refractivity contribution in [2.75, 3.05) is 26.0 Å². The Balaban J connectivity index is 1.53. The molecule has 2 aromatic rings. The van der Waals surface area contributed by atoms with Crippen molar-refractivity contribution in [1.82, 2.24) is 15.8 Å². The lowest BCUT2D eigenvalue weighted by atomic mass is 10.0. The number of hydrogen-bond donors (Lipinski definition) is 3. The first-order valence-electron chi connectivity index (χ1n) is 8.82. The molecule has 0 radical (unpaired) electrons. The number of nitrogens with one attached hydrogen (secondary N) is 3. The number of nitrogens with zero attached hydrogens (tertiary/aromatic N) is 1. The highest BCUT2D eigenvalue weighted by Gasteiger charge is 2.30. The van der Waals surface area contributed by atoms with Crippen molar-refractivity contribution in [1.29, 1.82) is 0 Å². The Hall–Kier alpha value is -1.73. The molecule has 0 spiro atoms. The van der Waals surface area contributed by atoms with Crippen LogP contribution in [-0.2, 0) is 11.2 Å². The summed E-state index contributed by atoms with van der Waals surface area (Å²) in [5, 5.41) is 3.00. The van der Waals surface area contributed by atoms with Gasteiger partial charge in [-0.15, -0.1) is 0 Å². The fraction of sp³-hybridized carbons (Fsp3) is 0.350. The van der Waals surface area contributed by atoms with Gasteiger partial charge in [-0.2, -0.15) is 0 Å². The van der Waals surface area contributed by atoms with E-state index in [4.69, 9.17) is 0 Å². The summed E-state index contributed by atoms with van der Waals surface area (Å²) in [7, 11) is 4.14. The van der Waals surface area contributed by atoms with E-state index in [1.807, 2.05) is 24.3 Å². The topological polar surface area (TPSA) is 56.4 Å². The minimum absolute atomic E-state index is 0.0156. The first kappa shape index (κ1) is 19.0. The molecule has 1 amide bonds. The summed E-state index contributed by atoms with van der Waals surface area (Å²) in [6.07, 6.45) is 1.72. The van der Waals surface area contributed by atoms with E-state index >= 15 is 0 Å². The first-order valence-corrected chi connectivity index (χ1v) is 9.61. The number of carbonyl (C=O) groups is 1. The van der Waals surface area contributed by atoms with Gasteiger partial charge in [0.2, 0.25) is 5.91 Å². The van der Waals surface area contributed by atoms with Gasteiger partial charge in [-0.25, -0.2) is 10.9 Å². The lowest BCUT2D eigenvalue weighted by molar-refractivity contribution is -0.117. The first-order chi connectivity index (χ1) is 12.5. The summed E-state index contributed by atoms with van der Waals surface area (Å²) in [4.78, 5) is 14.7. The molecule has 0 saturated carbocycles. The molecule has 2 atom stereocenters. The molecule has 3 rings (SSSR count). The highest BCUT2D eigenvalue weighted by molar-refractivity contribution is 9.10. The molecule has 2 unspecified atom stereocenters. The standard InChI is InChI=1S/C20H25BrN4O/c1-25(2)12-11-14-3-9-17(10-4-14)22-20(26)19-13-18(23-24-19)15-5-7-16(21)8-6-15/h3-10,18-19,23-24H,11-13H2,1-2H3,(H,22,26). The molecule has 1 fully saturated rings. The zero-order chi connectivity index (χ0) is 18.5. The highest BCUT2D eigenvalue weighted by Crippen LogP contribution is 2.24. The normalized spacial score (nSPS) is 19.7. The fourth-order valence-electron chi connectivity index (χ4n) is 2.98. The maximum Gasteiger partial charge on any atom is 0.242 e. The molecular weight excluding hydrogens is 392 g/mol. The van der Waals surface area contributed by atoms with Gasteiger partial charge in [-0.3, -0.25) is 4.79 Å². The Labute approximate surface area is 163 Å². The molecule has 26 heavy (non-hydrogen) atoms. The molecule has 1 aliphatic heterocycles. The van der Waals surface area contributed by atoms with Crippen molar-refractivity contribution >= 4 is 27.5 Å². The second kappa shape index (κ2) is 8.77. The molecular formula is C20H25BrN4O. The third-order valence-corrected chi connectivity index (χ3v) is 5.09. The van der Waals surface area contributed by atoms with Crippen LogP contribution in [0.1, 0.15) is 23.6 Å². The number of halogens is 1. The Bertz CT molecular complexity index is 730. The van der Waals surface area contributed by atoms with E-state index < -0.39 is 0 Å². The Kier molecular flexibility index (Phi) is 6.43. The van der Waals surface area contributed by atoms with E-state index in [1.54, 1.807) is 0 Å². The van der Waals surface area contributed by atoms with Crippen LogP contribution >= 0.6 is 15.9 Å². The van der Waals surface area contributed by atoms with Gasteiger partial charge in [-0.05, 0) is 62.3 Å². The second-order valence-corrected chi connectivity index (χ2v) is 7.84. The third kappa shape index (κ3) is 5.14. The van der Waals surface area contributed by atoms with Crippen LogP contribution in [0.15, 0.2) is 53.0 Å².